The van der Waals surface area contributed by atoms with Gasteiger partial charge in [0.2, 0.25) is 0 Å². The minimum absolute atomic E-state index is 0.614. The van der Waals surface area contributed by atoms with Crippen molar-refractivity contribution in [2.24, 2.45) is 5.92 Å². The van der Waals surface area contributed by atoms with Crippen molar-refractivity contribution >= 4 is 0 Å². The molecule has 0 aromatic carbocycles. The predicted molar refractivity (Wildman–Crippen MR) is 75.9 cm³/mol. The van der Waals surface area contributed by atoms with Gasteiger partial charge in [0.25, 0.3) is 0 Å². The molecule has 108 valence electrons. The Bertz CT molecular complexity index is 374. The topological polar surface area (TPSA) is 37.6 Å². The molecule has 1 aliphatic carbocycles. The van der Waals surface area contributed by atoms with E-state index in [1.807, 2.05) is 7.05 Å². The van der Waals surface area contributed by atoms with Gasteiger partial charge in [-0.25, -0.2) is 0 Å². The van der Waals surface area contributed by atoms with Crippen LogP contribution in [0.1, 0.15) is 31.1 Å². The highest BCUT2D eigenvalue weighted by Crippen LogP contribution is 2.35. The monoisotopic (exact) mass is 266 g/mol. The molecule has 1 fully saturated rings. The fraction of sp³-hybridized carbons (Fsp3) is 0.733. The van der Waals surface area contributed by atoms with Gasteiger partial charge in [0.15, 0.2) is 0 Å². The molecular formula is C15H26N2O2. The molecule has 4 heteroatoms. The second kappa shape index (κ2) is 7.08. The normalized spacial score (nSPS) is 17.1. The maximum Gasteiger partial charge on any atom is 0.122 e. The summed E-state index contributed by atoms with van der Waals surface area (Å²) in [5, 5.41) is 3.19. The molecule has 0 saturated heterocycles. The predicted octanol–water partition coefficient (Wildman–Crippen LogP) is 2.25. The summed E-state index contributed by atoms with van der Waals surface area (Å²) in [6.07, 6.45) is 4.52. The zero-order valence-corrected chi connectivity index (χ0v) is 12.3. The third-order valence-corrected chi connectivity index (χ3v) is 4.01. The van der Waals surface area contributed by atoms with Crippen LogP contribution < -0.4 is 5.32 Å². The fourth-order valence-corrected chi connectivity index (χ4v) is 2.55. The molecule has 0 aliphatic heterocycles. The highest BCUT2D eigenvalue weighted by Gasteiger charge is 2.32. The average molecular weight is 266 g/mol. The molecule has 0 spiro atoms. The quantitative estimate of drug-likeness (QED) is 0.744. The van der Waals surface area contributed by atoms with E-state index in [9.17, 15) is 0 Å². The fourth-order valence-electron chi connectivity index (χ4n) is 2.55. The van der Waals surface area contributed by atoms with Crippen LogP contribution in [0.4, 0.5) is 0 Å². The molecule has 0 bridgehead atoms. The van der Waals surface area contributed by atoms with Gasteiger partial charge in [-0.3, -0.25) is 4.90 Å². The Morgan fingerprint density at radius 1 is 1.53 bits per heavy atom. The Hall–Kier alpha value is -0.840. The van der Waals surface area contributed by atoms with Crippen LogP contribution >= 0.6 is 0 Å². The van der Waals surface area contributed by atoms with Crippen LogP contribution in [-0.4, -0.2) is 38.3 Å². The maximum absolute atomic E-state index is 5.66. The lowest BCUT2D eigenvalue weighted by Crippen LogP contribution is -2.36. The molecule has 1 atom stereocenters. The van der Waals surface area contributed by atoms with E-state index in [0.717, 1.165) is 37.9 Å². The van der Waals surface area contributed by atoms with Gasteiger partial charge >= 0.3 is 0 Å². The van der Waals surface area contributed by atoms with Crippen LogP contribution in [0.5, 0.6) is 0 Å². The van der Waals surface area contributed by atoms with Gasteiger partial charge in [-0.15, -0.1) is 0 Å². The van der Waals surface area contributed by atoms with Crippen molar-refractivity contribution in [3.63, 3.8) is 0 Å². The second-order valence-electron chi connectivity index (χ2n) is 5.44. The van der Waals surface area contributed by atoms with Crippen molar-refractivity contribution in [1.29, 1.82) is 0 Å². The van der Waals surface area contributed by atoms with Gasteiger partial charge in [-0.2, -0.15) is 0 Å². The second-order valence-corrected chi connectivity index (χ2v) is 5.44. The minimum Gasteiger partial charge on any atom is -0.468 e. The summed E-state index contributed by atoms with van der Waals surface area (Å²) >= 11 is 0. The van der Waals surface area contributed by atoms with Gasteiger partial charge in [-0.1, -0.05) is 0 Å². The number of nitrogens with one attached hydrogen (secondary N) is 1. The number of furan rings is 1. The van der Waals surface area contributed by atoms with E-state index in [0.29, 0.717) is 6.04 Å². The van der Waals surface area contributed by atoms with E-state index in [-0.39, 0.29) is 0 Å². The van der Waals surface area contributed by atoms with Gasteiger partial charge in [0.1, 0.15) is 5.76 Å². The van der Waals surface area contributed by atoms with Gasteiger partial charge in [0.05, 0.1) is 19.4 Å². The van der Waals surface area contributed by atoms with Gasteiger partial charge in [-0.05, 0) is 38.8 Å². The highest BCUT2D eigenvalue weighted by molar-refractivity contribution is 5.17. The molecule has 0 amide bonds. The van der Waals surface area contributed by atoms with Gasteiger partial charge in [0, 0.05) is 31.8 Å². The van der Waals surface area contributed by atoms with Crippen molar-refractivity contribution in [1.82, 2.24) is 10.2 Å². The van der Waals surface area contributed by atoms with E-state index >= 15 is 0 Å². The molecule has 1 aromatic heterocycles. The third-order valence-electron chi connectivity index (χ3n) is 4.01. The van der Waals surface area contributed by atoms with Crippen LogP contribution in [-0.2, 0) is 17.8 Å². The molecule has 0 radical (unpaired) electrons. The van der Waals surface area contributed by atoms with Crippen LogP contribution in [0.3, 0.4) is 0 Å². The first-order chi connectivity index (χ1) is 9.26. The van der Waals surface area contributed by atoms with E-state index in [1.54, 1.807) is 13.4 Å². The van der Waals surface area contributed by atoms with E-state index in [2.05, 4.69) is 23.2 Å². The Balaban J connectivity index is 1.98. The van der Waals surface area contributed by atoms with Crippen molar-refractivity contribution in [2.75, 3.05) is 27.3 Å². The molecule has 1 aromatic rings. The summed E-state index contributed by atoms with van der Waals surface area (Å²) in [4.78, 5) is 2.49. The number of rotatable bonds is 9. The molecule has 19 heavy (non-hydrogen) atoms. The largest absolute Gasteiger partial charge is 0.468 e. The number of hydrogen-bond acceptors (Lipinski definition) is 4. The molecule has 1 saturated carbocycles. The van der Waals surface area contributed by atoms with Crippen molar-refractivity contribution in [2.45, 2.75) is 38.9 Å². The van der Waals surface area contributed by atoms with Gasteiger partial charge < -0.3 is 14.5 Å². The molecular weight excluding hydrogens is 240 g/mol. The lowest BCUT2D eigenvalue weighted by atomic mass is 10.1. The Morgan fingerprint density at radius 3 is 2.95 bits per heavy atom. The first-order valence-corrected chi connectivity index (χ1v) is 7.19. The molecule has 4 nitrogen and oxygen atoms in total. The zero-order valence-electron chi connectivity index (χ0n) is 12.3. The summed E-state index contributed by atoms with van der Waals surface area (Å²) in [6.45, 7) is 5.81. The number of ether oxygens (including phenoxy) is 1. The average Bonchev–Trinajstić information content (AvgIpc) is 3.17. The summed E-state index contributed by atoms with van der Waals surface area (Å²) < 4.78 is 10.9. The van der Waals surface area contributed by atoms with Crippen LogP contribution in [0, 0.1) is 5.92 Å². The van der Waals surface area contributed by atoms with Crippen LogP contribution in [0.2, 0.25) is 0 Å². The van der Waals surface area contributed by atoms with E-state index in [1.165, 1.54) is 18.4 Å². The Morgan fingerprint density at radius 2 is 2.32 bits per heavy atom. The number of nitrogens with zero attached hydrogens (tertiary/aromatic N) is 1. The first kappa shape index (κ1) is 14.6. The lowest BCUT2D eigenvalue weighted by molar-refractivity contribution is 0.105. The smallest absolute Gasteiger partial charge is 0.122 e. The lowest BCUT2D eigenvalue weighted by Gasteiger charge is -2.28. The third kappa shape index (κ3) is 4.06. The Kier molecular flexibility index (Phi) is 5.43. The zero-order chi connectivity index (χ0) is 13.7. The number of methoxy groups -OCH3 is 1. The van der Waals surface area contributed by atoms with E-state index < -0.39 is 0 Å². The highest BCUT2D eigenvalue weighted by atomic mass is 16.5. The van der Waals surface area contributed by atoms with Crippen LogP contribution in [0.15, 0.2) is 16.7 Å². The standard InChI is InChI=1S/C15H26N2O2/c1-12(13-4-5-13)17(7-9-18-3)11-15-14(10-16-2)6-8-19-15/h6,8,12-13,16H,4-5,7,9-11H2,1-3H3. The molecule has 1 unspecified atom stereocenters. The molecule has 1 aliphatic rings. The van der Waals surface area contributed by atoms with Crippen LogP contribution in [0.25, 0.3) is 0 Å². The molecule has 1 heterocycles. The minimum atomic E-state index is 0.614. The van der Waals surface area contributed by atoms with E-state index in [4.69, 9.17) is 9.15 Å². The Labute approximate surface area is 116 Å². The van der Waals surface area contributed by atoms with Crippen molar-refractivity contribution in [3.8, 4) is 0 Å². The maximum atomic E-state index is 5.66. The summed E-state index contributed by atoms with van der Waals surface area (Å²) in [5.74, 6) is 1.94. The molecule has 1 N–H and O–H groups in total. The summed E-state index contributed by atoms with van der Waals surface area (Å²) in [6, 6.07) is 2.67. The summed E-state index contributed by atoms with van der Waals surface area (Å²) in [5.41, 5.74) is 1.26. The SMILES string of the molecule is CNCc1ccoc1CN(CCOC)C(C)C1CC1. The summed E-state index contributed by atoms with van der Waals surface area (Å²) in [7, 11) is 3.73. The first-order valence-electron chi connectivity index (χ1n) is 7.19. The number of hydrogen-bond donors (Lipinski definition) is 1. The van der Waals surface area contributed by atoms with Crippen molar-refractivity contribution in [3.05, 3.63) is 23.7 Å². The molecule has 2 rings (SSSR count). The van der Waals surface area contributed by atoms with Crippen molar-refractivity contribution < 1.29 is 9.15 Å².